The number of hydrogen-bond donors (Lipinski definition) is 1. The molecule has 0 aliphatic rings. The van der Waals surface area contributed by atoms with Gasteiger partial charge in [-0.15, -0.1) is 0 Å². The van der Waals surface area contributed by atoms with Crippen LogP contribution >= 0.6 is 0 Å². The molecule has 0 aliphatic carbocycles. The van der Waals surface area contributed by atoms with E-state index in [1.807, 2.05) is 55.5 Å². The summed E-state index contributed by atoms with van der Waals surface area (Å²) in [4.78, 5) is 25.2. The van der Waals surface area contributed by atoms with E-state index >= 15 is 0 Å². The number of carbonyl (C=O) groups is 2. The number of hydrogen-bond acceptors (Lipinski definition) is 6. The first-order chi connectivity index (χ1) is 14.6. The van der Waals surface area contributed by atoms with Crippen molar-refractivity contribution in [2.45, 2.75) is 20.3 Å². The highest BCUT2D eigenvalue weighted by Gasteiger charge is 2.22. The lowest BCUT2D eigenvalue weighted by Crippen LogP contribution is -2.20. The summed E-state index contributed by atoms with van der Waals surface area (Å²) in [5.41, 5.74) is 3.06. The van der Waals surface area contributed by atoms with Gasteiger partial charge in [-0.1, -0.05) is 35.0 Å². The summed E-state index contributed by atoms with van der Waals surface area (Å²) in [6, 6.07) is 14.9. The van der Waals surface area contributed by atoms with Crippen LogP contribution in [0.25, 0.3) is 16.7 Å². The second kappa shape index (κ2) is 8.20. The normalized spacial score (nSPS) is 10.9. The number of benzene rings is 2. The van der Waals surface area contributed by atoms with Gasteiger partial charge in [0, 0.05) is 5.39 Å². The third-order valence-electron chi connectivity index (χ3n) is 4.55. The number of aromatic nitrogens is 3. The predicted molar refractivity (Wildman–Crippen MR) is 111 cm³/mol. The number of ether oxygens (including phenoxy) is 1. The van der Waals surface area contributed by atoms with Crippen molar-refractivity contribution in [3.63, 3.8) is 0 Å². The summed E-state index contributed by atoms with van der Waals surface area (Å²) in [5.74, 6) is -0.666. The lowest BCUT2D eigenvalue weighted by Gasteiger charge is -2.10. The van der Waals surface area contributed by atoms with Crippen LogP contribution in [0.5, 0.6) is 0 Å². The van der Waals surface area contributed by atoms with Crippen molar-refractivity contribution in [2.75, 3.05) is 11.9 Å². The summed E-state index contributed by atoms with van der Waals surface area (Å²) >= 11 is 0. The first kappa shape index (κ1) is 19.4. The molecule has 0 saturated carbocycles. The summed E-state index contributed by atoms with van der Waals surface area (Å²) in [5, 5.41) is 11.9. The number of nitrogens with one attached hydrogen (secondary N) is 1. The molecule has 2 aromatic heterocycles. The topological polar surface area (TPSA) is 99.2 Å². The van der Waals surface area contributed by atoms with Crippen molar-refractivity contribution < 1.29 is 18.8 Å². The number of fused-ring (bicyclic) bond motifs is 1. The van der Waals surface area contributed by atoms with Crippen molar-refractivity contribution in [2.24, 2.45) is 0 Å². The van der Waals surface area contributed by atoms with Crippen LogP contribution in [0.1, 0.15) is 28.5 Å². The van der Waals surface area contributed by atoms with Crippen LogP contribution < -0.4 is 5.32 Å². The maximum Gasteiger partial charge on any atom is 0.343 e. The lowest BCUT2D eigenvalue weighted by molar-refractivity contribution is -0.115. The number of aryl methyl sites for hydroxylation is 1. The van der Waals surface area contributed by atoms with Crippen molar-refractivity contribution in [3.8, 4) is 5.69 Å². The van der Waals surface area contributed by atoms with E-state index in [-0.39, 0.29) is 30.3 Å². The van der Waals surface area contributed by atoms with Gasteiger partial charge in [-0.3, -0.25) is 4.79 Å². The molecule has 2 aromatic carbocycles. The fraction of sp³-hybridized carbons (Fsp3) is 0.182. The fourth-order valence-electron chi connectivity index (χ4n) is 3.15. The molecule has 0 fully saturated rings. The van der Waals surface area contributed by atoms with Crippen LogP contribution in [0, 0.1) is 6.92 Å². The molecular weight excluding hydrogens is 384 g/mol. The van der Waals surface area contributed by atoms with Crippen molar-refractivity contribution in [1.82, 2.24) is 14.9 Å². The molecule has 8 nitrogen and oxygen atoms in total. The van der Waals surface area contributed by atoms with Crippen LogP contribution in [0.2, 0.25) is 0 Å². The SMILES string of the molecule is CCOC(=O)c1cnn(-c2ccccc2)c1NC(=O)Cc1noc2ccc(C)cc12. The smallest absolute Gasteiger partial charge is 0.343 e. The van der Waals surface area contributed by atoms with Gasteiger partial charge >= 0.3 is 5.97 Å². The van der Waals surface area contributed by atoms with E-state index in [1.54, 1.807) is 6.92 Å². The molecule has 2 heterocycles. The molecule has 0 bridgehead atoms. The zero-order valence-corrected chi connectivity index (χ0v) is 16.6. The van der Waals surface area contributed by atoms with Crippen molar-refractivity contribution in [1.29, 1.82) is 0 Å². The van der Waals surface area contributed by atoms with Crippen molar-refractivity contribution in [3.05, 3.63) is 71.5 Å². The highest BCUT2D eigenvalue weighted by Crippen LogP contribution is 2.23. The number of para-hydroxylation sites is 1. The number of nitrogens with zero attached hydrogens (tertiary/aromatic N) is 3. The van der Waals surface area contributed by atoms with Crippen molar-refractivity contribution >= 4 is 28.7 Å². The molecule has 0 radical (unpaired) electrons. The molecule has 1 N–H and O–H groups in total. The molecule has 0 saturated heterocycles. The maximum absolute atomic E-state index is 12.8. The van der Waals surface area contributed by atoms with E-state index in [4.69, 9.17) is 9.26 Å². The van der Waals surface area contributed by atoms with E-state index in [1.165, 1.54) is 10.9 Å². The first-order valence-electron chi connectivity index (χ1n) is 9.52. The van der Waals surface area contributed by atoms with Gasteiger partial charge in [0.15, 0.2) is 11.4 Å². The lowest BCUT2D eigenvalue weighted by atomic mass is 10.1. The molecule has 4 aromatic rings. The van der Waals surface area contributed by atoms with Crippen LogP contribution in [-0.4, -0.2) is 33.4 Å². The van der Waals surface area contributed by atoms with Gasteiger partial charge in [-0.25, -0.2) is 9.48 Å². The second-order valence-electron chi connectivity index (χ2n) is 6.73. The minimum Gasteiger partial charge on any atom is -0.462 e. The second-order valence-corrected chi connectivity index (χ2v) is 6.73. The Hall–Kier alpha value is -3.94. The van der Waals surface area contributed by atoms with E-state index in [0.29, 0.717) is 17.0 Å². The Labute approximate surface area is 172 Å². The van der Waals surface area contributed by atoms with Crippen LogP contribution in [-0.2, 0) is 16.0 Å². The Balaban J connectivity index is 1.65. The van der Waals surface area contributed by atoms with E-state index in [9.17, 15) is 9.59 Å². The summed E-state index contributed by atoms with van der Waals surface area (Å²) in [6.07, 6.45) is 1.37. The number of carbonyl (C=O) groups excluding carboxylic acids is 2. The van der Waals surface area contributed by atoms with Gasteiger partial charge in [0.1, 0.15) is 11.3 Å². The Bertz CT molecular complexity index is 1210. The molecule has 0 spiro atoms. The quantitative estimate of drug-likeness (QED) is 0.492. The standard InChI is InChI=1S/C22H20N4O4/c1-3-29-22(28)17-13-23-26(15-7-5-4-6-8-15)21(17)24-20(27)12-18-16-11-14(2)9-10-19(16)30-25-18/h4-11,13H,3,12H2,1-2H3,(H,24,27). The number of amides is 1. The average Bonchev–Trinajstić information content (AvgIpc) is 3.33. The van der Waals surface area contributed by atoms with Crippen LogP contribution in [0.15, 0.2) is 59.3 Å². The van der Waals surface area contributed by atoms with E-state index in [0.717, 1.165) is 10.9 Å². The third-order valence-corrected chi connectivity index (χ3v) is 4.55. The number of esters is 1. The van der Waals surface area contributed by atoms with Gasteiger partial charge in [-0.2, -0.15) is 5.10 Å². The molecule has 152 valence electrons. The zero-order chi connectivity index (χ0) is 21.1. The van der Waals surface area contributed by atoms with Gasteiger partial charge in [0.05, 0.1) is 24.9 Å². The monoisotopic (exact) mass is 404 g/mol. The Morgan fingerprint density at radius 3 is 2.73 bits per heavy atom. The highest BCUT2D eigenvalue weighted by atomic mass is 16.5. The average molecular weight is 404 g/mol. The number of anilines is 1. The largest absolute Gasteiger partial charge is 0.462 e. The molecule has 8 heteroatoms. The minimum atomic E-state index is -0.558. The Kier molecular flexibility index (Phi) is 5.30. The maximum atomic E-state index is 12.8. The van der Waals surface area contributed by atoms with E-state index < -0.39 is 5.97 Å². The minimum absolute atomic E-state index is 0.0152. The molecule has 0 atom stereocenters. The van der Waals surface area contributed by atoms with Gasteiger partial charge < -0.3 is 14.6 Å². The summed E-state index contributed by atoms with van der Waals surface area (Å²) in [7, 11) is 0. The highest BCUT2D eigenvalue weighted by molar-refractivity contribution is 6.01. The van der Waals surface area contributed by atoms with Crippen LogP contribution in [0.3, 0.4) is 0 Å². The van der Waals surface area contributed by atoms with Gasteiger partial charge in [0.25, 0.3) is 0 Å². The third kappa shape index (κ3) is 3.80. The fourth-order valence-corrected chi connectivity index (χ4v) is 3.15. The molecule has 30 heavy (non-hydrogen) atoms. The zero-order valence-electron chi connectivity index (χ0n) is 16.6. The van der Waals surface area contributed by atoms with Gasteiger partial charge in [-0.05, 0) is 38.1 Å². The Morgan fingerprint density at radius 1 is 1.17 bits per heavy atom. The van der Waals surface area contributed by atoms with E-state index in [2.05, 4.69) is 15.6 Å². The summed E-state index contributed by atoms with van der Waals surface area (Å²) < 4.78 is 11.9. The molecule has 1 amide bonds. The van der Waals surface area contributed by atoms with Gasteiger partial charge in [0.2, 0.25) is 5.91 Å². The molecule has 4 rings (SSSR count). The van der Waals surface area contributed by atoms with Crippen LogP contribution in [0.4, 0.5) is 5.82 Å². The molecular formula is C22H20N4O4. The molecule has 0 unspecified atom stereocenters. The Morgan fingerprint density at radius 2 is 1.97 bits per heavy atom. The predicted octanol–water partition coefficient (Wildman–Crippen LogP) is 3.68. The number of rotatable bonds is 6. The summed E-state index contributed by atoms with van der Waals surface area (Å²) in [6.45, 7) is 3.89. The first-order valence-corrected chi connectivity index (χ1v) is 9.52. The molecule has 0 aliphatic heterocycles.